The number of hydrogen-bond acceptors (Lipinski definition) is 5. The molecule has 3 aromatic rings. The van der Waals surface area contributed by atoms with Crippen molar-refractivity contribution in [3.63, 3.8) is 0 Å². The van der Waals surface area contributed by atoms with E-state index in [0.717, 1.165) is 9.54 Å². The Bertz CT molecular complexity index is 1140. The Morgan fingerprint density at radius 2 is 1.88 bits per heavy atom. The van der Waals surface area contributed by atoms with Crippen LogP contribution in [0.5, 0.6) is 0 Å². The van der Waals surface area contributed by atoms with Crippen LogP contribution in [-0.4, -0.2) is 25.6 Å². The fourth-order valence-corrected chi connectivity index (χ4v) is 3.92. The van der Waals surface area contributed by atoms with Gasteiger partial charge in [0.1, 0.15) is 0 Å². The Balaban J connectivity index is 2.21. The number of nitrogens with zero attached hydrogens (tertiary/aromatic N) is 2. The fraction of sp³-hybridized carbons (Fsp3) is 0.111. The second-order valence-corrected chi connectivity index (χ2v) is 7.43. The summed E-state index contributed by atoms with van der Waals surface area (Å²) in [5.41, 5.74) is 1.74. The van der Waals surface area contributed by atoms with E-state index in [4.69, 9.17) is 0 Å². The van der Waals surface area contributed by atoms with E-state index in [9.17, 15) is 18.5 Å². The van der Waals surface area contributed by atoms with Gasteiger partial charge in [0.25, 0.3) is 10.0 Å². The predicted octanol–water partition coefficient (Wildman–Crippen LogP) is 3.24. The van der Waals surface area contributed by atoms with Gasteiger partial charge in [0.15, 0.2) is 0 Å². The Kier molecular flexibility index (Phi) is 4.40. The van der Waals surface area contributed by atoms with Gasteiger partial charge in [-0.1, -0.05) is 17.7 Å². The van der Waals surface area contributed by atoms with Gasteiger partial charge in [0.2, 0.25) is 0 Å². The summed E-state index contributed by atoms with van der Waals surface area (Å²) in [5.74, 6) is 0. The fourth-order valence-electron chi connectivity index (χ4n) is 2.58. The van der Waals surface area contributed by atoms with Crippen LogP contribution in [0.15, 0.2) is 53.6 Å². The lowest BCUT2D eigenvalue weighted by Gasteiger charge is -2.10. The van der Waals surface area contributed by atoms with Gasteiger partial charge in [-0.15, -0.1) is 0 Å². The zero-order valence-electron chi connectivity index (χ0n) is 14.1. The van der Waals surface area contributed by atoms with Gasteiger partial charge in [-0.2, -0.15) is 5.26 Å². The molecule has 0 unspecified atom stereocenters. The van der Waals surface area contributed by atoms with E-state index in [0.29, 0.717) is 5.39 Å². The van der Waals surface area contributed by atoms with Crippen molar-refractivity contribution in [1.82, 2.24) is 3.97 Å². The molecule has 2 aromatic carbocycles. The van der Waals surface area contributed by atoms with Crippen molar-refractivity contribution >= 4 is 32.7 Å². The topological polar surface area (TPSA) is 101 Å². The number of fused-ring (bicyclic) bond motifs is 1. The van der Waals surface area contributed by atoms with Crippen molar-refractivity contribution in [3.05, 3.63) is 59.8 Å². The van der Waals surface area contributed by atoms with Crippen molar-refractivity contribution in [1.29, 1.82) is 5.26 Å². The Hall–Kier alpha value is -3.31. The minimum absolute atomic E-state index is 0.130. The molecule has 0 aliphatic heterocycles. The number of methoxy groups -OCH3 is 1. The number of anilines is 1. The van der Waals surface area contributed by atoms with Crippen LogP contribution in [0.2, 0.25) is 0 Å². The molecule has 0 saturated carbocycles. The number of aryl methyl sites for hydroxylation is 1. The SMILES string of the molecule is COC(=O)Nc1cc(C#N)c2ccn(S(=O)(=O)c3ccc(C)cc3)c2c1. The highest BCUT2D eigenvalue weighted by atomic mass is 32.2. The molecule has 8 heteroatoms. The monoisotopic (exact) mass is 369 g/mol. The highest BCUT2D eigenvalue weighted by Crippen LogP contribution is 2.28. The first-order chi connectivity index (χ1) is 12.4. The van der Waals surface area contributed by atoms with E-state index in [2.05, 4.69) is 10.1 Å². The first kappa shape index (κ1) is 17.5. The number of ether oxygens (including phenoxy) is 1. The van der Waals surface area contributed by atoms with Crippen molar-refractivity contribution in [3.8, 4) is 6.07 Å². The number of carbonyl (C=O) groups is 1. The molecule has 1 N–H and O–H groups in total. The Labute approximate surface area is 150 Å². The summed E-state index contributed by atoms with van der Waals surface area (Å²) in [7, 11) is -2.64. The molecule has 0 aliphatic carbocycles. The molecular weight excluding hydrogens is 354 g/mol. The van der Waals surface area contributed by atoms with Crippen molar-refractivity contribution < 1.29 is 17.9 Å². The molecule has 0 fully saturated rings. The largest absolute Gasteiger partial charge is 0.453 e. The molecule has 0 bridgehead atoms. The zero-order chi connectivity index (χ0) is 18.9. The number of rotatable bonds is 3. The summed E-state index contributed by atoms with van der Waals surface area (Å²) < 4.78 is 31.6. The second kappa shape index (κ2) is 6.54. The molecule has 7 nitrogen and oxygen atoms in total. The van der Waals surface area contributed by atoms with Crippen molar-refractivity contribution in [2.45, 2.75) is 11.8 Å². The van der Waals surface area contributed by atoms with Gasteiger partial charge in [0.05, 0.1) is 29.2 Å². The third-order valence-electron chi connectivity index (χ3n) is 3.90. The summed E-state index contributed by atoms with van der Waals surface area (Å²) in [6.45, 7) is 1.87. The summed E-state index contributed by atoms with van der Waals surface area (Å²) >= 11 is 0. The first-order valence-electron chi connectivity index (χ1n) is 7.59. The van der Waals surface area contributed by atoms with Crippen molar-refractivity contribution in [2.75, 3.05) is 12.4 Å². The summed E-state index contributed by atoms with van der Waals surface area (Å²) in [4.78, 5) is 11.6. The van der Waals surface area contributed by atoms with Crippen molar-refractivity contribution in [2.24, 2.45) is 0 Å². The molecule has 0 atom stereocenters. The third-order valence-corrected chi connectivity index (χ3v) is 5.61. The van der Waals surface area contributed by atoms with Gasteiger partial charge in [0, 0.05) is 17.3 Å². The number of nitriles is 1. The average molecular weight is 369 g/mol. The minimum atomic E-state index is -3.85. The van der Waals surface area contributed by atoms with E-state index in [-0.39, 0.29) is 21.7 Å². The number of aromatic nitrogens is 1. The standard InChI is InChI=1S/C18H15N3O4S/c1-12-3-5-15(6-4-12)26(23,24)21-8-7-16-13(11-19)9-14(10-17(16)21)20-18(22)25-2/h3-10H,1-2H3,(H,20,22). The summed E-state index contributed by atoms with van der Waals surface area (Å²) in [6.07, 6.45) is 0.676. The normalized spacial score (nSPS) is 11.1. The van der Waals surface area contributed by atoms with E-state index >= 15 is 0 Å². The smallest absolute Gasteiger partial charge is 0.411 e. The number of amides is 1. The van der Waals surface area contributed by atoms with Gasteiger partial charge < -0.3 is 4.74 Å². The van der Waals surface area contributed by atoms with Crippen LogP contribution in [0.1, 0.15) is 11.1 Å². The quantitative estimate of drug-likeness (QED) is 0.764. The highest BCUT2D eigenvalue weighted by molar-refractivity contribution is 7.90. The lowest BCUT2D eigenvalue weighted by Crippen LogP contribution is -2.13. The van der Waals surface area contributed by atoms with Crippen LogP contribution < -0.4 is 5.32 Å². The van der Waals surface area contributed by atoms with Crippen LogP contribution in [-0.2, 0) is 14.8 Å². The molecule has 1 amide bonds. The van der Waals surface area contributed by atoms with E-state index in [1.54, 1.807) is 18.2 Å². The molecule has 0 spiro atoms. The van der Waals surface area contributed by atoms with E-state index in [1.165, 1.54) is 37.6 Å². The van der Waals surface area contributed by atoms with E-state index in [1.807, 2.05) is 13.0 Å². The van der Waals surface area contributed by atoms with Gasteiger partial charge in [-0.25, -0.2) is 17.2 Å². The molecule has 0 saturated heterocycles. The minimum Gasteiger partial charge on any atom is -0.453 e. The lowest BCUT2D eigenvalue weighted by molar-refractivity contribution is 0.187. The molecule has 1 heterocycles. The highest BCUT2D eigenvalue weighted by Gasteiger charge is 2.20. The summed E-state index contributed by atoms with van der Waals surface area (Å²) in [6, 6.07) is 13.0. The first-order valence-corrected chi connectivity index (χ1v) is 9.03. The molecular formula is C18H15N3O4S. The molecule has 3 rings (SSSR count). The molecule has 0 aliphatic rings. The lowest BCUT2D eigenvalue weighted by atomic mass is 10.1. The maximum absolute atomic E-state index is 13.0. The summed E-state index contributed by atoms with van der Waals surface area (Å²) in [5, 5.41) is 12.3. The predicted molar refractivity (Wildman–Crippen MR) is 96.4 cm³/mol. The van der Waals surface area contributed by atoms with Crippen LogP contribution in [0.3, 0.4) is 0 Å². The molecule has 26 heavy (non-hydrogen) atoms. The molecule has 0 radical (unpaired) electrons. The number of carbonyl (C=O) groups excluding carboxylic acids is 1. The third kappa shape index (κ3) is 3.00. The number of hydrogen-bond donors (Lipinski definition) is 1. The van der Waals surface area contributed by atoms with Gasteiger partial charge >= 0.3 is 6.09 Å². The maximum atomic E-state index is 13.0. The van der Waals surface area contributed by atoms with Crippen LogP contribution in [0.4, 0.5) is 10.5 Å². The van der Waals surface area contributed by atoms with E-state index < -0.39 is 16.1 Å². The number of benzene rings is 2. The second-order valence-electron chi connectivity index (χ2n) is 5.61. The van der Waals surface area contributed by atoms with Crippen LogP contribution in [0, 0.1) is 18.3 Å². The average Bonchev–Trinajstić information content (AvgIpc) is 3.06. The Morgan fingerprint density at radius 3 is 2.50 bits per heavy atom. The number of nitrogens with one attached hydrogen (secondary N) is 1. The molecule has 1 aromatic heterocycles. The van der Waals surface area contributed by atoms with Crippen LogP contribution in [0.25, 0.3) is 10.9 Å². The maximum Gasteiger partial charge on any atom is 0.411 e. The molecule has 132 valence electrons. The Morgan fingerprint density at radius 1 is 1.19 bits per heavy atom. The van der Waals surface area contributed by atoms with Gasteiger partial charge in [-0.05, 0) is 37.3 Å². The van der Waals surface area contributed by atoms with Gasteiger partial charge in [-0.3, -0.25) is 5.32 Å². The zero-order valence-corrected chi connectivity index (χ0v) is 14.9. The van der Waals surface area contributed by atoms with Crippen LogP contribution >= 0.6 is 0 Å².